The molecule has 0 radical (unpaired) electrons. The summed E-state index contributed by atoms with van der Waals surface area (Å²) in [5.74, 6) is -0.387. The van der Waals surface area contributed by atoms with E-state index < -0.39 is 16.0 Å². The molecule has 1 fully saturated rings. The lowest BCUT2D eigenvalue weighted by Crippen LogP contribution is -2.40. The standard InChI is InChI=1S/C22H26N2O7S/c1-29-20-9-8-17(32(27,28)24-11-13-31-14-12-24)15-16(20)7-10-21(25)23-19-6-4-3-5-18(19)22(26)30-2/h3-6,8-9,15H,7,10-14H2,1-2H3,(H,23,25). The number of para-hydroxylation sites is 1. The van der Waals surface area contributed by atoms with Crippen LogP contribution in [0.4, 0.5) is 5.69 Å². The van der Waals surface area contributed by atoms with Crippen LogP contribution in [0.2, 0.25) is 0 Å². The van der Waals surface area contributed by atoms with E-state index in [1.54, 1.807) is 36.4 Å². The average molecular weight is 463 g/mol. The molecule has 172 valence electrons. The number of aryl methyl sites for hydroxylation is 1. The van der Waals surface area contributed by atoms with Crippen LogP contribution in [0, 0.1) is 0 Å². The second kappa shape index (κ2) is 10.6. The number of amides is 1. The molecule has 10 heteroatoms. The predicted octanol–water partition coefficient (Wildman–Crippen LogP) is 2.07. The fourth-order valence-corrected chi connectivity index (χ4v) is 4.85. The number of morpholine rings is 1. The van der Waals surface area contributed by atoms with Gasteiger partial charge in [0.1, 0.15) is 5.75 Å². The molecule has 0 aliphatic carbocycles. The lowest BCUT2D eigenvalue weighted by atomic mass is 10.1. The number of carbonyl (C=O) groups is 2. The van der Waals surface area contributed by atoms with Crippen molar-refractivity contribution in [1.29, 1.82) is 0 Å². The van der Waals surface area contributed by atoms with Gasteiger partial charge in [-0.15, -0.1) is 0 Å². The molecule has 0 saturated carbocycles. The van der Waals surface area contributed by atoms with Crippen LogP contribution < -0.4 is 10.1 Å². The number of anilines is 1. The summed E-state index contributed by atoms with van der Waals surface area (Å²) in [6.07, 6.45) is 0.314. The maximum absolute atomic E-state index is 13.0. The molecular weight excluding hydrogens is 436 g/mol. The van der Waals surface area contributed by atoms with E-state index in [1.165, 1.54) is 24.6 Å². The molecule has 2 aromatic carbocycles. The zero-order valence-electron chi connectivity index (χ0n) is 18.0. The minimum atomic E-state index is -3.67. The van der Waals surface area contributed by atoms with Gasteiger partial charge in [-0.05, 0) is 42.3 Å². The highest BCUT2D eigenvalue weighted by Crippen LogP contribution is 2.26. The minimum absolute atomic E-state index is 0.0624. The summed E-state index contributed by atoms with van der Waals surface area (Å²) in [5, 5.41) is 2.71. The number of carbonyl (C=O) groups excluding carboxylic acids is 2. The highest BCUT2D eigenvalue weighted by atomic mass is 32.2. The largest absolute Gasteiger partial charge is 0.496 e. The second-order valence-electron chi connectivity index (χ2n) is 7.08. The van der Waals surface area contributed by atoms with Gasteiger partial charge in [0, 0.05) is 19.5 Å². The van der Waals surface area contributed by atoms with Crippen LogP contribution in [0.3, 0.4) is 0 Å². The summed E-state index contributed by atoms with van der Waals surface area (Å²) in [4.78, 5) is 24.6. The van der Waals surface area contributed by atoms with Crippen molar-refractivity contribution in [3.8, 4) is 5.75 Å². The first-order chi connectivity index (χ1) is 15.4. The lowest BCUT2D eigenvalue weighted by molar-refractivity contribution is -0.116. The Balaban J connectivity index is 1.74. The number of rotatable bonds is 8. The smallest absolute Gasteiger partial charge is 0.339 e. The van der Waals surface area contributed by atoms with Gasteiger partial charge in [0.2, 0.25) is 15.9 Å². The molecule has 2 aromatic rings. The van der Waals surface area contributed by atoms with Crippen LogP contribution in [-0.4, -0.2) is 65.1 Å². The Morgan fingerprint density at radius 1 is 1.09 bits per heavy atom. The molecule has 0 bridgehead atoms. The summed E-state index contributed by atoms with van der Waals surface area (Å²) in [6, 6.07) is 11.2. The van der Waals surface area contributed by atoms with Crippen LogP contribution in [-0.2, 0) is 30.7 Å². The maximum Gasteiger partial charge on any atom is 0.339 e. The van der Waals surface area contributed by atoms with Crippen LogP contribution in [0.1, 0.15) is 22.3 Å². The van der Waals surface area contributed by atoms with E-state index in [9.17, 15) is 18.0 Å². The number of sulfonamides is 1. The van der Waals surface area contributed by atoms with Crippen molar-refractivity contribution < 1.29 is 32.2 Å². The van der Waals surface area contributed by atoms with E-state index in [4.69, 9.17) is 14.2 Å². The number of methoxy groups -OCH3 is 2. The number of nitrogens with zero attached hydrogens (tertiary/aromatic N) is 1. The normalized spacial score (nSPS) is 14.6. The minimum Gasteiger partial charge on any atom is -0.496 e. The number of esters is 1. The van der Waals surface area contributed by atoms with Crippen molar-refractivity contribution >= 4 is 27.6 Å². The van der Waals surface area contributed by atoms with E-state index in [1.807, 2.05) is 0 Å². The molecule has 1 amide bonds. The second-order valence-corrected chi connectivity index (χ2v) is 9.01. The van der Waals surface area contributed by atoms with Crippen LogP contribution >= 0.6 is 0 Å². The van der Waals surface area contributed by atoms with E-state index >= 15 is 0 Å². The number of nitrogens with one attached hydrogen (secondary N) is 1. The van der Waals surface area contributed by atoms with Crippen LogP contribution in [0.25, 0.3) is 0 Å². The Morgan fingerprint density at radius 3 is 2.50 bits per heavy atom. The maximum atomic E-state index is 13.0. The molecule has 1 aliphatic heterocycles. The molecular formula is C22H26N2O7S. The number of ether oxygens (including phenoxy) is 3. The van der Waals surface area contributed by atoms with Gasteiger partial charge in [-0.25, -0.2) is 13.2 Å². The summed E-state index contributed by atoms with van der Waals surface area (Å²) in [6.45, 7) is 1.31. The van der Waals surface area contributed by atoms with E-state index in [0.29, 0.717) is 43.3 Å². The Hall–Kier alpha value is -2.95. The Bertz CT molecular complexity index is 1080. The van der Waals surface area contributed by atoms with Gasteiger partial charge in [-0.2, -0.15) is 4.31 Å². The predicted molar refractivity (Wildman–Crippen MR) is 117 cm³/mol. The molecule has 3 rings (SSSR count). The Labute approximate surface area is 187 Å². The van der Waals surface area contributed by atoms with Crippen molar-refractivity contribution in [2.75, 3.05) is 45.8 Å². The Kier molecular flexibility index (Phi) is 7.84. The van der Waals surface area contributed by atoms with E-state index in [-0.39, 0.29) is 29.2 Å². The average Bonchev–Trinajstić information content (AvgIpc) is 2.83. The molecule has 0 aromatic heterocycles. The fraction of sp³-hybridized carbons (Fsp3) is 0.364. The third-order valence-electron chi connectivity index (χ3n) is 5.09. The van der Waals surface area contributed by atoms with Gasteiger partial charge in [-0.3, -0.25) is 4.79 Å². The molecule has 0 unspecified atom stereocenters. The zero-order valence-corrected chi connectivity index (χ0v) is 18.8. The molecule has 1 heterocycles. The third kappa shape index (κ3) is 5.45. The van der Waals surface area contributed by atoms with E-state index in [0.717, 1.165) is 0 Å². The Morgan fingerprint density at radius 2 is 1.81 bits per heavy atom. The van der Waals surface area contributed by atoms with Gasteiger partial charge in [0.15, 0.2) is 0 Å². The summed E-state index contributed by atoms with van der Waals surface area (Å²) < 4.78 is 42.6. The first-order valence-electron chi connectivity index (χ1n) is 10.1. The molecule has 9 nitrogen and oxygen atoms in total. The monoisotopic (exact) mass is 462 g/mol. The van der Waals surface area contributed by atoms with Crippen molar-refractivity contribution in [2.24, 2.45) is 0 Å². The van der Waals surface area contributed by atoms with Crippen molar-refractivity contribution in [3.63, 3.8) is 0 Å². The number of hydrogen-bond acceptors (Lipinski definition) is 7. The van der Waals surface area contributed by atoms with Crippen molar-refractivity contribution in [3.05, 3.63) is 53.6 Å². The quantitative estimate of drug-likeness (QED) is 0.598. The SMILES string of the molecule is COC(=O)c1ccccc1NC(=O)CCc1cc(S(=O)(=O)N2CCOCC2)ccc1OC. The molecule has 1 saturated heterocycles. The summed E-state index contributed by atoms with van der Waals surface area (Å²) in [7, 11) is -0.912. The third-order valence-corrected chi connectivity index (χ3v) is 6.98. The number of hydrogen-bond donors (Lipinski definition) is 1. The van der Waals surface area contributed by atoms with Crippen LogP contribution in [0.15, 0.2) is 47.4 Å². The fourth-order valence-electron chi connectivity index (χ4n) is 3.39. The van der Waals surface area contributed by atoms with E-state index in [2.05, 4.69) is 5.32 Å². The topological polar surface area (TPSA) is 111 Å². The number of benzene rings is 2. The first-order valence-corrected chi connectivity index (χ1v) is 11.5. The molecule has 1 N–H and O–H groups in total. The van der Waals surface area contributed by atoms with Crippen LogP contribution in [0.5, 0.6) is 5.75 Å². The van der Waals surface area contributed by atoms with Crippen molar-refractivity contribution in [2.45, 2.75) is 17.7 Å². The van der Waals surface area contributed by atoms with Gasteiger partial charge in [0.25, 0.3) is 0 Å². The molecule has 32 heavy (non-hydrogen) atoms. The highest BCUT2D eigenvalue weighted by Gasteiger charge is 2.27. The van der Waals surface area contributed by atoms with Crippen molar-refractivity contribution in [1.82, 2.24) is 4.31 Å². The summed E-state index contributed by atoms with van der Waals surface area (Å²) >= 11 is 0. The highest BCUT2D eigenvalue weighted by molar-refractivity contribution is 7.89. The van der Waals surface area contributed by atoms with Gasteiger partial charge in [0.05, 0.1) is 43.6 Å². The summed E-state index contributed by atoms with van der Waals surface area (Å²) in [5.41, 5.74) is 1.19. The molecule has 1 aliphatic rings. The van der Waals surface area contributed by atoms with Gasteiger partial charge < -0.3 is 19.5 Å². The van der Waals surface area contributed by atoms with Gasteiger partial charge >= 0.3 is 5.97 Å². The van der Waals surface area contributed by atoms with Gasteiger partial charge in [-0.1, -0.05) is 12.1 Å². The lowest BCUT2D eigenvalue weighted by Gasteiger charge is -2.26. The molecule has 0 spiro atoms. The first kappa shape index (κ1) is 23.7. The molecule has 0 atom stereocenters. The zero-order chi connectivity index (χ0) is 23.1.